The molecule has 1 aliphatic heterocycles. The number of primary amides is 1. The largest absolute Gasteiger partial charge is 0.466 e. The predicted molar refractivity (Wildman–Crippen MR) is 47.9 cm³/mol. The van der Waals surface area contributed by atoms with E-state index in [0.717, 1.165) is 0 Å². The quantitative estimate of drug-likeness (QED) is 0.594. The summed E-state index contributed by atoms with van der Waals surface area (Å²) in [6.07, 6.45) is -1.53. The minimum absolute atomic E-state index is 0.0401. The Balaban J connectivity index is 2.19. The van der Waals surface area contributed by atoms with Crippen molar-refractivity contribution < 1.29 is 24.2 Å². The molecule has 1 amide bonds. The summed E-state index contributed by atoms with van der Waals surface area (Å²) in [5, 5.41) is 18.7. The molecule has 4 N–H and O–H groups in total. The van der Waals surface area contributed by atoms with Crippen LogP contribution in [0.3, 0.4) is 0 Å². The van der Waals surface area contributed by atoms with Gasteiger partial charge in [-0.05, 0) is 6.07 Å². The molecule has 0 bridgehead atoms. The molecule has 1 aliphatic rings. The molecule has 2 heterocycles. The first-order chi connectivity index (χ1) is 7.09. The average molecular weight is 213 g/mol. The number of hydrogen-bond donors (Lipinski definition) is 3. The molecule has 0 radical (unpaired) electrons. The average Bonchev–Trinajstić information content (AvgIpc) is 2.76. The number of aliphatic hydroxyl groups excluding tert-OH is 2. The fourth-order valence-electron chi connectivity index (χ4n) is 1.48. The van der Waals surface area contributed by atoms with E-state index in [9.17, 15) is 15.0 Å². The second-order valence-corrected chi connectivity index (χ2v) is 3.41. The van der Waals surface area contributed by atoms with E-state index in [-0.39, 0.29) is 17.9 Å². The molecule has 0 aromatic carbocycles. The van der Waals surface area contributed by atoms with Crippen LogP contribution in [0.2, 0.25) is 0 Å². The lowest BCUT2D eigenvalue weighted by molar-refractivity contribution is 0.0120. The van der Waals surface area contributed by atoms with Gasteiger partial charge in [-0.15, -0.1) is 0 Å². The molecule has 15 heavy (non-hydrogen) atoms. The Labute approximate surface area is 85.2 Å². The molecule has 6 heteroatoms. The van der Waals surface area contributed by atoms with E-state index < -0.39 is 24.2 Å². The van der Waals surface area contributed by atoms with Crippen molar-refractivity contribution in [3.05, 3.63) is 23.7 Å². The molecule has 6 nitrogen and oxygen atoms in total. The Morgan fingerprint density at radius 3 is 2.73 bits per heavy atom. The van der Waals surface area contributed by atoms with Gasteiger partial charge in [-0.25, -0.2) is 0 Å². The van der Waals surface area contributed by atoms with Gasteiger partial charge in [0.25, 0.3) is 5.91 Å². The molecule has 0 spiro atoms. The fraction of sp³-hybridized carbons (Fsp3) is 0.444. The van der Waals surface area contributed by atoms with Gasteiger partial charge in [-0.3, -0.25) is 4.79 Å². The van der Waals surface area contributed by atoms with Gasteiger partial charge in [0, 0.05) is 0 Å². The van der Waals surface area contributed by atoms with Crippen LogP contribution in [-0.4, -0.2) is 34.9 Å². The molecule has 1 aromatic rings. The first-order valence-electron chi connectivity index (χ1n) is 4.45. The van der Waals surface area contributed by atoms with Gasteiger partial charge in [-0.1, -0.05) is 0 Å². The zero-order chi connectivity index (χ0) is 11.0. The van der Waals surface area contributed by atoms with Crippen LogP contribution in [0.5, 0.6) is 0 Å². The Morgan fingerprint density at radius 2 is 2.27 bits per heavy atom. The molecule has 2 rings (SSSR count). The first kappa shape index (κ1) is 10.2. The zero-order valence-electron chi connectivity index (χ0n) is 7.79. The number of nitrogens with two attached hydrogens (primary N) is 1. The summed E-state index contributed by atoms with van der Waals surface area (Å²) in [6, 6.07) is 1.40. The number of carbonyl (C=O) groups excluding carboxylic acids is 1. The first-order valence-corrected chi connectivity index (χ1v) is 4.45. The minimum Gasteiger partial charge on any atom is -0.466 e. The third-order valence-corrected chi connectivity index (χ3v) is 2.34. The van der Waals surface area contributed by atoms with Gasteiger partial charge < -0.3 is 25.1 Å². The van der Waals surface area contributed by atoms with E-state index in [0.29, 0.717) is 0 Å². The Kier molecular flexibility index (Phi) is 2.47. The van der Waals surface area contributed by atoms with Crippen LogP contribution in [-0.2, 0) is 4.74 Å². The smallest absolute Gasteiger partial charge is 0.251 e. The van der Waals surface area contributed by atoms with Crippen LogP contribution in [0.4, 0.5) is 0 Å². The van der Waals surface area contributed by atoms with E-state index in [1.54, 1.807) is 0 Å². The highest BCUT2D eigenvalue weighted by Crippen LogP contribution is 2.30. The van der Waals surface area contributed by atoms with Crippen LogP contribution in [0.15, 0.2) is 16.7 Å². The van der Waals surface area contributed by atoms with Crippen molar-refractivity contribution in [2.75, 3.05) is 6.61 Å². The standard InChI is InChI=1S/C9H11NO5/c10-9(13)4-1-6(14-2-4)8-7(12)5(11)3-15-8/h1-2,5,7-8,11-12H,3H2,(H2,10,13)/t5-,7-,8+/m1/s1. The summed E-state index contributed by atoms with van der Waals surface area (Å²) >= 11 is 0. The van der Waals surface area contributed by atoms with Crippen LogP contribution in [0.1, 0.15) is 22.2 Å². The molecule has 82 valence electrons. The van der Waals surface area contributed by atoms with Crippen molar-refractivity contribution in [3.63, 3.8) is 0 Å². The summed E-state index contributed by atoms with van der Waals surface area (Å²) in [4.78, 5) is 10.8. The fourth-order valence-corrected chi connectivity index (χ4v) is 1.48. The lowest BCUT2D eigenvalue weighted by atomic mass is 10.1. The van der Waals surface area contributed by atoms with Gasteiger partial charge in [0.05, 0.1) is 12.2 Å². The second-order valence-electron chi connectivity index (χ2n) is 3.41. The maximum Gasteiger partial charge on any atom is 0.251 e. The molecular formula is C9H11NO5. The van der Waals surface area contributed by atoms with Gasteiger partial charge in [0.15, 0.2) is 0 Å². The highest BCUT2D eigenvalue weighted by atomic mass is 16.5. The van der Waals surface area contributed by atoms with Gasteiger partial charge in [0.2, 0.25) is 0 Å². The molecule has 0 aliphatic carbocycles. The summed E-state index contributed by atoms with van der Waals surface area (Å²) < 4.78 is 10.1. The second kappa shape index (κ2) is 3.65. The molecule has 1 fully saturated rings. The Hall–Kier alpha value is -1.37. The van der Waals surface area contributed by atoms with Crippen LogP contribution < -0.4 is 5.73 Å². The number of amides is 1. The summed E-state index contributed by atoms with van der Waals surface area (Å²) in [5.41, 5.74) is 5.25. The topological polar surface area (TPSA) is 106 Å². The number of furan rings is 1. The van der Waals surface area contributed by atoms with E-state index >= 15 is 0 Å². The maximum absolute atomic E-state index is 10.8. The van der Waals surface area contributed by atoms with E-state index in [1.807, 2.05) is 0 Å². The molecular weight excluding hydrogens is 202 g/mol. The van der Waals surface area contributed by atoms with Gasteiger partial charge in [0.1, 0.15) is 30.3 Å². The normalized spacial score (nSPS) is 30.7. The van der Waals surface area contributed by atoms with E-state index in [2.05, 4.69) is 0 Å². The summed E-state index contributed by atoms with van der Waals surface area (Å²) in [6.45, 7) is 0.0401. The van der Waals surface area contributed by atoms with Crippen molar-refractivity contribution >= 4 is 5.91 Å². The van der Waals surface area contributed by atoms with Crippen LogP contribution >= 0.6 is 0 Å². The van der Waals surface area contributed by atoms with Crippen molar-refractivity contribution in [2.24, 2.45) is 5.73 Å². The van der Waals surface area contributed by atoms with Crippen LogP contribution in [0.25, 0.3) is 0 Å². The van der Waals surface area contributed by atoms with E-state index in [1.165, 1.54) is 12.3 Å². The molecule has 3 atom stereocenters. The minimum atomic E-state index is -1.04. The summed E-state index contributed by atoms with van der Waals surface area (Å²) in [7, 11) is 0. The maximum atomic E-state index is 10.8. The number of rotatable bonds is 2. The lowest BCUT2D eigenvalue weighted by Crippen LogP contribution is -2.24. The monoisotopic (exact) mass is 213 g/mol. The molecule has 1 aromatic heterocycles. The van der Waals surface area contributed by atoms with Crippen molar-refractivity contribution in [1.82, 2.24) is 0 Å². The Morgan fingerprint density at radius 1 is 1.53 bits per heavy atom. The third-order valence-electron chi connectivity index (χ3n) is 2.34. The molecule has 0 unspecified atom stereocenters. The van der Waals surface area contributed by atoms with Crippen molar-refractivity contribution in [3.8, 4) is 0 Å². The summed E-state index contributed by atoms with van der Waals surface area (Å²) in [5.74, 6) is -0.328. The van der Waals surface area contributed by atoms with Crippen LogP contribution in [0, 0.1) is 0 Å². The number of carbonyl (C=O) groups is 1. The zero-order valence-corrected chi connectivity index (χ0v) is 7.79. The molecule has 0 saturated carbocycles. The highest BCUT2D eigenvalue weighted by molar-refractivity contribution is 5.92. The van der Waals surface area contributed by atoms with Gasteiger partial charge >= 0.3 is 0 Å². The number of aliphatic hydroxyl groups is 2. The Bertz CT molecular complexity index is 374. The predicted octanol–water partition coefficient (Wildman–Crippen LogP) is -0.828. The third kappa shape index (κ3) is 1.74. The SMILES string of the molecule is NC(=O)c1coc([C@@H]2OC[C@@H](O)[C@H]2O)c1. The lowest BCUT2D eigenvalue weighted by Gasteiger charge is -2.11. The number of ether oxygens (including phenoxy) is 1. The van der Waals surface area contributed by atoms with E-state index in [4.69, 9.17) is 14.9 Å². The van der Waals surface area contributed by atoms with Crippen molar-refractivity contribution in [2.45, 2.75) is 18.3 Å². The van der Waals surface area contributed by atoms with Crippen molar-refractivity contribution in [1.29, 1.82) is 0 Å². The highest BCUT2D eigenvalue weighted by Gasteiger charge is 2.37. The molecule has 1 saturated heterocycles. The number of hydrogen-bond acceptors (Lipinski definition) is 5. The van der Waals surface area contributed by atoms with Gasteiger partial charge in [-0.2, -0.15) is 0 Å².